The minimum Gasteiger partial charge on any atom is -0.466 e. The molecule has 0 bridgehead atoms. The third kappa shape index (κ3) is 8.68. The van der Waals surface area contributed by atoms with Gasteiger partial charge in [-0.05, 0) is 19.3 Å². The quantitative estimate of drug-likeness (QED) is 0.429. The van der Waals surface area contributed by atoms with Crippen molar-refractivity contribution in [1.29, 1.82) is 0 Å². The predicted octanol–water partition coefficient (Wildman–Crippen LogP) is 2.51. The highest BCUT2D eigenvalue weighted by molar-refractivity contribution is 5.69. The van der Waals surface area contributed by atoms with Crippen molar-refractivity contribution in [3.8, 4) is 0 Å². The smallest absolute Gasteiger partial charge is 0.310 e. The van der Waals surface area contributed by atoms with Gasteiger partial charge >= 0.3 is 5.97 Å². The molecule has 0 aromatic carbocycles. The summed E-state index contributed by atoms with van der Waals surface area (Å²) in [4.78, 5) is 11.4. The summed E-state index contributed by atoms with van der Waals surface area (Å²) in [7, 11) is 0. The lowest BCUT2D eigenvalue weighted by molar-refractivity contribution is -0.171. The topological polar surface area (TPSA) is 44.8 Å². The first kappa shape index (κ1) is 15.4. The van der Waals surface area contributed by atoms with E-state index in [-0.39, 0.29) is 12.4 Å². The van der Waals surface area contributed by atoms with Crippen molar-refractivity contribution < 1.29 is 19.0 Å². The molecule has 0 aliphatic rings. The molecule has 0 atom stereocenters. The Morgan fingerprint density at radius 3 is 1.88 bits per heavy atom. The molecule has 0 fully saturated rings. The van der Waals surface area contributed by atoms with Crippen LogP contribution >= 0.6 is 0 Å². The lowest BCUT2D eigenvalue weighted by Gasteiger charge is -2.17. The lowest BCUT2D eigenvalue weighted by atomic mass is 10.4. The molecule has 0 amide bonds. The van der Waals surface area contributed by atoms with E-state index < -0.39 is 6.29 Å². The van der Waals surface area contributed by atoms with E-state index in [4.69, 9.17) is 14.2 Å². The van der Waals surface area contributed by atoms with Crippen molar-refractivity contribution in [2.45, 2.75) is 52.7 Å². The Morgan fingerprint density at radius 2 is 1.44 bits per heavy atom. The number of carbonyl (C=O) groups excluding carboxylic acids is 1. The zero-order chi connectivity index (χ0) is 12.2. The van der Waals surface area contributed by atoms with Crippen LogP contribution in [-0.4, -0.2) is 32.1 Å². The largest absolute Gasteiger partial charge is 0.466 e. The second-order valence-corrected chi connectivity index (χ2v) is 3.60. The van der Waals surface area contributed by atoms with E-state index in [1.807, 2.05) is 20.8 Å². The number of carbonyl (C=O) groups is 1. The number of esters is 1. The second-order valence-electron chi connectivity index (χ2n) is 3.60. The fraction of sp³-hybridized carbons (Fsp3) is 0.917. The molecule has 0 heterocycles. The summed E-state index contributed by atoms with van der Waals surface area (Å²) in [6.07, 6.45) is 2.39. The summed E-state index contributed by atoms with van der Waals surface area (Å²) in [6.45, 7) is 7.68. The standard InChI is InChI=1S/C12H24O4/c1-4-7-14-11(13)10-12(15-8-5-2)16-9-6-3/h12H,4-10H2,1-3H3. The lowest BCUT2D eigenvalue weighted by Crippen LogP contribution is -2.23. The molecule has 0 unspecified atom stereocenters. The van der Waals surface area contributed by atoms with Crippen molar-refractivity contribution in [3.05, 3.63) is 0 Å². The maximum atomic E-state index is 11.4. The van der Waals surface area contributed by atoms with Crippen LogP contribution in [0.3, 0.4) is 0 Å². The van der Waals surface area contributed by atoms with E-state index in [1.165, 1.54) is 0 Å². The van der Waals surface area contributed by atoms with E-state index >= 15 is 0 Å². The van der Waals surface area contributed by atoms with Crippen LogP contribution < -0.4 is 0 Å². The van der Waals surface area contributed by atoms with Gasteiger partial charge in [0.2, 0.25) is 0 Å². The van der Waals surface area contributed by atoms with Crippen LogP contribution in [0.5, 0.6) is 0 Å². The summed E-state index contributed by atoms with van der Waals surface area (Å²) in [5.41, 5.74) is 0. The first-order chi connectivity index (χ1) is 7.74. The molecule has 0 aromatic rings. The molecule has 0 radical (unpaired) electrons. The molecule has 4 nitrogen and oxygen atoms in total. The maximum Gasteiger partial charge on any atom is 0.310 e. The molecule has 16 heavy (non-hydrogen) atoms. The van der Waals surface area contributed by atoms with Crippen molar-refractivity contribution >= 4 is 5.97 Å². The summed E-state index contributed by atoms with van der Waals surface area (Å²) in [6, 6.07) is 0. The van der Waals surface area contributed by atoms with E-state index in [0.29, 0.717) is 19.8 Å². The minimum absolute atomic E-state index is 0.181. The van der Waals surface area contributed by atoms with Crippen LogP contribution in [0.25, 0.3) is 0 Å². The van der Waals surface area contributed by atoms with Crippen molar-refractivity contribution in [1.82, 2.24) is 0 Å². The minimum atomic E-state index is -0.454. The van der Waals surface area contributed by atoms with Gasteiger partial charge in [0.15, 0.2) is 6.29 Å². The number of hydrogen-bond acceptors (Lipinski definition) is 4. The second kappa shape index (κ2) is 10.9. The molecule has 0 N–H and O–H groups in total. The van der Waals surface area contributed by atoms with Gasteiger partial charge in [-0.2, -0.15) is 0 Å². The number of ether oxygens (including phenoxy) is 3. The van der Waals surface area contributed by atoms with Gasteiger partial charge in [0, 0.05) is 13.2 Å². The summed E-state index contributed by atoms with van der Waals surface area (Å²) in [5.74, 6) is -0.251. The Kier molecular flexibility index (Phi) is 10.5. The SMILES string of the molecule is CCCOC(=O)CC(OCCC)OCCC. The normalized spacial score (nSPS) is 10.8. The molecule has 0 spiro atoms. The highest BCUT2D eigenvalue weighted by atomic mass is 16.7. The molecule has 0 aliphatic carbocycles. The van der Waals surface area contributed by atoms with E-state index in [0.717, 1.165) is 19.3 Å². The molecule has 0 aliphatic heterocycles. The highest BCUT2D eigenvalue weighted by Crippen LogP contribution is 2.04. The van der Waals surface area contributed by atoms with Gasteiger partial charge < -0.3 is 14.2 Å². The molecule has 96 valence electrons. The molecule has 0 saturated heterocycles. The first-order valence-corrected chi connectivity index (χ1v) is 6.13. The van der Waals surface area contributed by atoms with Gasteiger partial charge in [-0.3, -0.25) is 4.79 Å². The molecule has 4 heteroatoms. The van der Waals surface area contributed by atoms with Crippen LogP contribution in [0.4, 0.5) is 0 Å². The molecule has 0 rings (SSSR count). The zero-order valence-corrected chi connectivity index (χ0v) is 10.7. The average Bonchev–Trinajstić information content (AvgIpc) is 2.30. The van der Waals surface area contributed by atoms with Crippen LogP contribution in [0.2, 0.25) is 0 Å². The molecular formula is C12H24O4. The Hall–Kier alpha value is -0.610. The fourth-order valence-electron chi connectivity index (χ4n) is 1.08. The van der Waals surface area contributed by atoms with Crippen LogP contribution in [0, 0.1) is 0 Å². The van der Waals surface area contributed by atoms with Crippen LogP contribution in [0.1, 0.15) is 46.5 Å². The molecular weight excluding hydrogens is 208 g/mol. The van der Waals surface area contributed by atoms with Gasteiger partial charge in [0.05, 0.1) is 13.0 Å². The van der Waals surface area contributed by atoms with Gasteiger partial charge in [-0.1, -0.05) is 20.8 Å². The number of rotatable bonds is 10. The fourth-order valence-corrected chi connectivity index (χ4v) is 1.08. The third-order valence-electron chi connectivity index (χ3n) is 1.82. The van der Waals surface area contributed by atoms with E-state index in [9.17, 15) is 4.79 Å². The van der Waals surface area contributed by atoms with E-state index in [2.05, 4.69) is 0 Å². The van der Waals surface area contributed by atoms with Crippen molar-refractivity contribution in [3.63, 3.8) is 0 Å². The number of hydrogen-bond donors (Lipinski definition) is 0. The van der Waals surface area contributed by atoms with Crippen LogP contribution in [0.15, 0.2) is 0 Å². The Balaban J connectivity index is 3.82. The Bertz CT molecular complexity index is 162. The average molecular weight is 232 g/mol. The van der Waals surface area contributed by atoms with Gasteiger partial charge in [-0.15, -0.1) is 0 Å². The molecule has 0 aromatic heterocycles. The highest BCUT2D eigenvalue weighted by Gasteiger charge is 2.15. The molecule has 0 saturated carbocycles. The summed E-state index contributed by atoms with van der Waals surface area (Å²) >= 11 is 0. The monoisotopic (exact) mass is 232 g/mol. The predicted molar refractivity (Wildman–Crippen MR) is 62.1 cm³/mol. The first-order valence-electron chi connectivity index (χ1n) is 6.13. The third-order valence-corrected chi connectivity index (χ3v) is 1.82. The van der Waals surface area contributed by atoms with Crippen molar-refractivity contribution in [2.75, 3.05) is 19.8 Å². The van der Waals surface area contributed by atoms with Gasteiger partial charge in [0.1, 0.15) is 0 Å². The summed E-state index contributed by atoms with van der Waals surface area (Å²) < 4.78 is 15.8. The Morgan fingerprint density at radius 1 is 0.938 bits per heavy atom. The van der Waals surface area contributed by atoms with Gasteiger partial charge in [-0.25, -0.2) is 0 Å². The summed E-state index contributed by atoms with van der Waals surface area (Å²) in [5, 5.41) is 0. The zero-order valence-electron chi connectivity index (χ0n) is 10.7. The maximum absolute atomic E-state index is 11.4. The van der Waals surface area contributed by atoms with Crippen molar-refractivity contribution in [2.24, 2.45) is 0 Å². The van der Waals surface area contributed by atoms with E-state index in [1.54, 1.807) is 0 Å². The Labute approximate surface area is 98.3 Å². The van der Waals surface area contributed by atoms with Crippen LogP contribution in [-0.2, 0) is 19.0 Å². The van der Waals surface area contributed by atoms with Gasteiger partial charge in [0.25, 0.3) is 0 Å².